The van der Waals surface area contributed by atoms with Gasteiger partial charge in [0.05, 0.1) is 12.2 Å². The van der Waals surface area contributed by atoms with Gasteiger partial charge in [-0.15, -0.1) is 0 Å². The minimum Gasteiger partial charge on any atom is -0.462 e. The zero-order valence-corrected chi connectivity index (χ0v) is 17.7. The van der Waals surface area contributed by atoms with E-state index in [0.717, 1.165) is 38.4 Å². The van der Waals surface area contributed by atoms with Gasteiger partial charge >= 0.3 is 12.1 Å². The molecule has 1 amide bonds. The summed E-state index contributed by atoms with van der Waals surface area (Å²) in [5.41, 5.74) is 1.22. The lowest BCUT2D eigenvalue weighted by atomic mass is 10.2. The van der Waals surface area contributed by atoms with Gasteiger partial charge < -0.3 is 19.3 Å². The van der Waals surface area contributed by atoms with E-state index in [0.29, 0.717) is 18.7 Å². The molecule has 156 valence electrons. The van der Waals surface area contributed by atoms with Gasteiger partial charge in [-0.2, -0.15) is 0 Å². The number of hydrogen-bond acceptors (Lipinski definition) is 6. The predicted molar refractivity (Wildman–Crippen MR) is 110 cm³/mol. The zero-order chi connectivity index (χ0) is 20.7. The van der Waals surface area contributed by atoms with Crippen LogP contribution < -0.4 is 4.90 Å². The third-order valence-corrected chi connectivity index (χ3v) is 4.57. The van der Waals surface area contributed by atoms with Crippen LogP contribution in [-0.2, 0) is 9.47 Å². The van der Waals surface area contributed by atoms with E-state index >= 15 is 0 Å². The molecule has 1 heterocycles. The number of anilines is 1. The number of rotatable bonds is 6. The van der Waals surface area contributed by atoms with Gasteiger partial charge in [0.25, 0.3) is 0 Å². The summed E-state index contributed by atoms with van der Waals surface area (Å²) in [7, 11) is 1.77. The van der Waals surface area contributed by atoms with E-state index in [1.165, 1.54) is 0 Å². The number of esters is 1. The van der Waals surface area contributed by atoms with Crippen LogP contribution in [0, 0.1) is 0 Å². The van der Waals surface area contributed by atoms with Crippen LogP contribution in [0.4, 0.5) is 10.5 Å². The van der Waals surface area contributed by atoms with E-state index in [9.17, 15) is 9.59 Å². The van der Waals surface area contributed by atoms with Crippen LogP contribution in [0.3, 0.4) is 0 Å². The number of carbonyl (C=O) groups is 2. The van der Waals surface area contributed by atoms with Crippen molar-refractivity contribution in [2.75, 3.05) is 57.8 Å². The number of ether oxygens (including phenoxy) is 2. The first-order valence-electron chi connectivity index (χ1n) is 9.88. The predicted octanol–water partition coefficient (Wildman–Crippen LogP) is 2.85. The van der Waals surface area contributed by atoms with Crippen LogP contribution in [0.25, 0.3) is 0 Å². The van der Waals surface area contributed by atoms with Gasteiger partial charge in [0.15, 0.2) is 0 Å². The number of nitrogens with zero attached hydrogens (tertiary/aromatic N) is 3. The van der Waals surface area contributed by atoms with E-state index in [4.69, 9.17) is 9.47 Å². The monoisotopic (exact) mass is 391 g/mol. The van der Waals surface area contributed by atoms with Crippen molar-refractivity contribution in [2.45, 2.75) is 33.3 Å². The summed E-state index contributed by atoms with van der Waals surface area (Å²) < 4.78 is 10.4. The molecule has 1 fully saturated rings. The highest BCUT2D eigenvalue weighted by Gasteiger charge is 2.21. The maximum Gasteiger partial charge on any atom is 0.410 e. The molecule has 1 saturated heterocycles. The number of amides is 1. The first-order chi connectivity index (χ1) is 13.2. The molecule has 0 saturated carbocycles. The molecular weight excluding hydrogens is 358 g/mol. The topological polar surface area (TPSA) is 62.3 Å². The van der Waals surface area contributed by atoms with Crippen molar-refractivity contribution in [3.8, 4) is 0 Å². The van der Waals surface area contributed by atoms with Gasteiger partial charge in [0.1, 0.15) is 5.60 Å². The maximum absolute atomic E-state index is 12.0. The summed E-state index contributed by atoms with van der Waals surface area (Å²) >= 11 is 0. The van der Waals surface area contributed by atoms with Crippen molar-refractivity contribution in [1.82, 2.24) is 9.80 Å². The Kier molecular flexibility index (Phi) is 7.69. The third-order valence-electron chi connectivity index (χ3n) is 4.57. The van der Waals surface area contributed by atoms with Crippen molar-refractivity contribution in [2.24, 2.45) is 0 Å². The van der Waals surface area contributed by atoms with E-state index in [1.807, 2.05) is 45.0 Å². The summed E-state index contributed by atoms with van der Waals surface area (Å²) in [5.74, 6) is -0.284. The first kappa shape index (κ1) is 22.0. The average molecular weight is 392 g/mol. The summed E-state index contributed by atoms with van der Waals surface area (Å²) in [5, 5.41) is 0. The Balaban J connectivity index is 1.76. The van der Waals surface area contributed by atoms with E-state index in [-0.39, 0.29) is 12.1 Å². The molecule has 1 aromatic carbocycles. The molecule has 0 unspecified atom stereocenters. The fraction of sp³-hybridized carbons (Fsp3) is 0.619. The molecule has 0 atom stereocenters. The largest absolute Gasteiger partial charge is 0.462 e. The highest BCUT2D eigenvalue weighted by molar-refractivity contribution is 5.89. The first-order valence-corrected chi connectivity index (χ1v) is 9.88. The smallest absolute Gasteiger partial charge is 0.410 e. The molecule has 7 nitrogen and oxygen atoms in total. The molecule has 1 aliphatic rings. The lowest BCUT2D eigenvalue weighted by Gasteiger charge is -2.36. The normalized spacial score (nSPS) is 15.2. The Labute approximate surface area is 168 Å². The molecule has 1 aliphatic heterocycles. The number of likely N-dealkylation sites (N-methyl/N-ethyl adjacent to an activating group) is 1. The van der Waals surface area contributed by atoms with Crippen molar-refractivity contribution in [3.05, 3.63) is 29.8 Å². The SMILES string of the molecule is CCOC(=O)c1ccc(N2CCN(CCN(C)C(=O)OC(C)(C)C)CC2)cc1. The molecule has 0 spiro atoms. The highest BCUT2D eigenvalue weighted by Crippen LogP contribution is 2.18. The third kappa shape index (κ3) is 6.71. The van der Waals surface area contributed by atoms with Crippen molar-refractivity contribution in [3.63, 3.8) is 0 Å². The summed E-state index contributed by atoms with van der Waals surface area (Å²) in [6, 6.07) is 7.57. The Bertz CT molecular complexity index is 647. The Morgan fingerprint density at radius 3 is 2.21 bits per heavy atom. The quantitative estimate of drug-likeness (QED) is 0.695. The molecule has 0 aromatic heterocycles. The number of benzene rings is 1. The summed E-state index contributed by atoms with van der Waals surface area (Å²) in [4.78, 5) is 30.1. The molecule has 7 heteroatoms. The lowest BCUT2D eigenvalue weighted by molar-refractivity contribution is 0.0282. The van der Waals surface area contributed by atoms with Gasteiger partial charge in [-0.3, -0.25) is 4.90 Å². The number of piperazine rings is 1. The van der Waals surface area contributed by atoms with Crippen LogP contribution in [0.15, 0.2) is 24.3 Å². The maximum atomic E-state index is 12.0. The van der Waals surface area contributed by atoms with Crippen LogP contribution in [-0.4, -0.2) is 80.4 Å². The second kappa shape index (κ2) is 9.78. The Morgan fingerprint density at radius 2 is 1.68 bits per heavy atom. The molecule has 2 rings (SSSR count). The molecule has 0 N–H and O–H groups in total. The van der Waals surface area contributed by atoms with E-state index in [2.05, 4.69) is 9.80 Å². The van der Waals surface area contributed by atoms with Gasteiger partial charge in [0, 0.05) is 52.0 Å². The van der Waals surface area contributed by atoms with Gasteiger partial charge in [-0.25, -0.2) is 9.59 Å². The molecule has 28 heavy (non-hydrogen) atoms. The lowest BCUT2D eigenvalue weighted by Crippen LogP contribution is -2.49. The average Bonchev–Trinajstić information content (AvgIpc) is 2.65. The number of carbonyl (C=O) groups excluding carboxylic acids is 2. The highest BCUT2D eigenvalue weighted by atomic mass is 16.6. The van der Waals surface area contributed by atoms with E-state index in [1.54, 1.807) is 18.9 Å². The Hall–Kier alpha value is -2.28. The molecular formula is C21H33N3O4. The molecule has 1 aromatic rings. The minimum absolute atomic E-state index is 0.284. The van der Waals surface area contributed by atoms with Crippen molar-refractivity contribution >= 4 is 17.7 Å². The van der Waals surface area contributed by atoms with Crippen LogP contribution >= 0.6 is 0 Å². The fourth-order valence-corrected chi connectivity index (χ4v) is 2.97. The van der Waals surface area contributed by atoms with Gasteiger partial charge in [0.2, 0.25) is 0 Å². The molecule has 0 bridgehead atoms. The van der Waals surface area contributed by atoms with Crippen molar-refractivity contribution < 1.29 is 19.1 Å². The molecule has 0 aliphatic carbocycles. The minimum atomic E-state index is -0.472. The molecule has 0 radical (unpaired) electrons. The summed E-state index contributed by atoms with van der Waals surface area (Å²) in [6.45, 7) is 13.0. The zero-order valence-electron chi connectivity index (χ0n) is 17.7. The Morgan fingerprint density at radius 1 is 1.07 bits per heavy atom. The van der Waals surface area contributed by atoms with Crippen LogP contribution in [0.1, 0.15) is 38.1 Å². The van der Waals surface area contributed by atoms with Crippen LogP contribution in [0.5, 0.6) is 0 Å². The fourth-order valence-electron chi connectivity index (χ4n) is 2.97. The van der Waals surface area contributed by atoms with Gasteiger partial charge in [-0.05, 0) is 52.0 Å². The van der Waals surface area contributed by atoms with Crippen LogP contribution in [0.2, 0.25) is 0 Å². The number of hydrogen-bond donors (Lipinski definition) is 0. The van der Waals surface area contributed by atoms with E-state index < -0.39 is 5.60 Å². The van der Waals surface area contributed by atoms with Gasteiger partial charge in [-0.1, -0.05) is 0 Å². The second-order valence-electron chi connectivity index (χ2n) is 8.00. The second-order valence-corrected chi connectivity index (χ2v) is 8.00. The standard InChI is InChI=1S/C21H33N3O4/c1-6-27-19(25)17-7-9-18(10-8-17)24-15-13-23(14-16-24)12-11-22(5)20(26)28-21(2,3)4/h7-10H,6,11-16H2,1-5H3. The van der Waals surface area contributed by atoms with Crippen molar-refractivity contribution in [1.29, 1.82) is 0 Å². The summed E-state index contributed by atoms with van der Waals surface area (Å²) in [6.07, 6.45) is -0.284.